The van der Waals surface area contributed by atoms with Crippen molar-refractivity contribution in [2.45, 2.75) is 18.6 Å². The Hall–Kier alpha value is -1.72. The minimum absolute atomic E-state index is 0. The Labute approximate surface area is 133 Å². The summed E-state index contributed by atoms with van der Waals surface area (Å²) in [6.07, 6.45) is -3.53. The van der Waals surface area contributed by atoms with Crippen molar-refractivity contribution in [2.75, 3.05) is 11.4 Å². The number of halogens is 4. The van der Waals surface area contributed by atoms with E-state index in [1.807, 2.05) is 29.2 Å². The predicted octanol–water partition coefficient (Wildman–Crippen LogP) is 4.15. The predicted molar refractivity (Wildman–Crippen MR) is 83.8 cm³/mol. The fourth-order valence-corrected chi connectivity index (χ4v) is 2.70. The van der Waals surface area contributed by atoms with Gasteiger partial charge in [-0.1, -0.05) is 18.2 Å². The Bertz CT molecular complexity index is 641. The van der Waals surface area contributed by atoms with Gasteiger partial charge in [0.05, 0.1) is 5.56 Å². The van der Waals surface area contributed by atoms with Crippen molar-refractivity contribution in [2.24, 2.45) is 5.73 Å². The molecule has 0 bridgehead atoms. The van der Waals surface area contributed by atoms with Crippen LogP contribution in [0.1, 0.15) is 11.1 Å². The lowest BCUT2D eigenvalue weighted by Gasteiger charge is -2.34. The smallest absolute Gasteiger partial charge is 0.340 e. The minimum Gasteiger partial charge on any atom is -0.340 e. The highest BCUT2D eigenvalue weighted by atomic mass is 35.5. The highest BCUT2D eigenvalue weighted by Gasteiger charge is 2.30. The van der Waals surface area contributed by atoms with Gasteiger partial charge in [0.2, 0.25) is 0 Å². The van der Waals surface area contributed by atoms with Crippen molar-refractivity contribution in [3.63, 3.8) is 0 Å². The highest BCUT2D eigenvalue weighted by molar-refractivity contribution is 5.85. The second-order valence-corrected chi connectivity index (χ2v) is 5.25. The summed E-state index contributed by atoms with van der Waals surface area (Å²) in [5.74, 6) is 0. The van der Waals surface area contributed by atoms with Gasteiger partial charge in [-0.05, 0) is 42.3 Å². The Morgan fingerprint density at radius 2 is 1.64 bits per heavy atom. The van der Waals surface area contributed by atoms with E-state index in [0.717, 1.165) is 35.5 Å². The van der Waals surface area contributed by atoms with Gasteiger partial charge in [-0.3, -0.25) is 0 Å². The molecule has 22 heavy (non-hydrogen) atoms. The zero-order valence-electron chi connectivity index (χ0n) is 11.7. The summed E-state index contributed by atoms with van der Waals surface area (Å²) in [7, 11) is 0. The van der Waals surface area contributed by atoms with E-state index < -0.39 is 11.7 Å². The number of alkyl halides is 3. The molecule has 1 atom stereocenters. The average molecular weight is 329 g/mol. The maximum absolute atomic E-state index is 12.6. The van der Waals surface area contributed by atoms with Crippen LogP contribution in [0.3, 0.4) is 0 Å². The maximum atomic E-state index is 12.6. The number of benzene rings is 2. The normalized spacial score (nSPS) is 17.6. The average Bonchev–Trinajstić information content (AvgIpc) is 2.45. The lowest BCUT2D eigenvalue weighted by atomic mass is 9.97. The number of fused-ring (bicyclic) bond motifs is 1. The first-order chi connectivity index (χ1) is 9.95. The largest absolute Gasteiger partial charge is 0.416 e. The summed E-state index contributed by atoms with van der Waals surface area (Å²) in [5, 5.41) is 0. The summed E-state index contributed by atoms with van der Waals surface area (Å²) in [6, 6.07) is 13.0. The van der Waals surface area contributed by atoms with E-state index in [-0.39, 0.29) is 18.4 Å². The number of para-hydroxylation sites is 1. The van der Waals surface area contributed by atoms with Crippen molar-refractivity contribution in [1.82, 2.24) is 0 Å². The molecule has 0 fully saturated rings. The van der Waals surface area contributed by atoms with Gasteiger partial charge in [-0.15, -0.1) is 12.4 Å². The van der Waals surface area contributed by atoms with E-state index in [1.54, 1.807) is 0 Å². The third-order valence-corrected chi connectivity index (χ3v) is 3.69. The molecule has 0 amide bonds. The highest BCUT2D eigenvalue weighted by Crippen LogP contribution is 2.35. The van der Waals surface area contributed by atoms with Crippen LogP contribution in [-0.2, 0) is 12.6 Å². The van der Waals surface area contributed by atoms with Crippen LogP contribution in [0.25, 0.3) is 0 Å². The fraction of sp³-hybridized carbons (Fsp3) is 0.250. The Balaban J connectivity index is 0.00000176. The van der Waals surface area contributed by atoms with Crippen molar-refractivity contribution < 1.29 is 13.2 Å². The molecule has 1 heterocycles. The molecule has 0 aromatic heterocycles. The lowest BCUT2D eigenvalue weighted by Crippen LogP contribution is -2.40. The SMILES string of the molecule is Cl.NC1Cc2ccccc2N(c2ccc(C(F)(F)F)cc2)C1. The van der Waals surface area contributed by atoms with Gasteiger partial charge in [0.15, 0.2) is 0 Å². The minimum atomic E-state index is -4.31. The van der Waals surface area contributed by atoms with E-state index >= 15 is 0 Å². The second kappa shape index (κ2) is 6.18. The van der Waals surface area contributed by atoms with E-state index in [1.165, 1.54) is 12.1 Å². The number of nitrogens with zero attached hydrogens (tertiary/aromatic N) is 1. The van der Waals surface area contributed by atoms with Crippen LogP contribution >= 0.6 is 12.4 Å². The van der Waals surface area contributed by atoms with Gasteiger partial charge in [0, 0.05) is 24.0 Å². The fourth-order valence-electron chi connectivity index (χ4n) is 2.70. The number of rotatable bonds is 1. The molecular weight excluding hydrogens is 313 g/mol. The lowest BCUT2D eigenvalue weighted by molar-refractivity contribution is -0.137. The first-order valence-corrected chi connectivity index (χ1v) is 6.73. The van der Waals surface area contributed by atoms with Crippen LogP contribution in [-0.4, -0.2) is 12.6 Å². The molecule has 1 aliphatic rings. The molecule has 0 saturated carbocycles. The van der Waals surface area contributed by atoms with Crippen LogP contribution in [0.4, 0.5) is 24.5 Å². The van der Waals surface area contributed by atoms with Crippen LogP contribution in [0, 0.1) is 0 Å². The van der Waals surface area contributed by atoms with Crippen LogP contribution in [0.15, 0.2) is 48.5 Å². The third-order valence-electron chi connectivity index (χ3n) is 3.69. The van der Waals surface area contributed by atoms with Crippen molar-refractivity contribution in [1.29, 1.82) is 0 Å². The zero-order valence-corrected chi connectivity index (χ0v) is 12.5. The van der Waals surface area contributed by atoms with Gasteiger partial charge < -0.3 is 10.6 Å². The van der Waals surface area contributed by atoms with Crippen LogP contribution in [0.2, 0.25) is 0 Å². The summed E-state index contributed by atoms with van der Waals surface area (Å²) in [5.41, 5.74) is 8.28. The topological polar surface area (TPSA) is 29.3 Å². The molecule has 1 aliphatic heterocycles. The number of anilines is 2. The summed E-state index contributed by atoms with van der Waals surface area (Å²) < 4.78 is 37.9. The van der Waals surface area contributed by atoms with Crippen molar-refractivity contribution in [3.8, 4) is 0 Å². The molecule has 6 heteroatoms. The van der Waals surface area contributed by atoms with Gasteiger partial charge in [-0.2, -0.15) is 13.2 Å². The third kappa shape index (κ3) is 3.20. The van der Waals surface area contributed by atoms with Gasteiger partial charge in [0.1, 0.15) is 0 Å². The number of hydrogen-bond donors (Lipinski definition) is 1. The maximum Gasteiger partial charge on any atom is 0.416 e. The molecule has 0 aliphatic carbocycles. The number of nitrogens with two attached hydrogens (primary N) is 1. The van der Waals surface area contributed by atoms with Crippen LogP contribution < -0.4 is 10.6 Å². The molecule has 2 nitrogen and oxygen atoms in total. The van der Waals surface area contributed by atoms with Crippen molar-refractivity contribution in [3.05, 3.63) is 59.7 Å². The first kappa shape index (κ1) is 16.6. The van der Waals surface area contributed by atoms with E-state index in [2.05, 4.69) is 0 Å². The molecule has 1 unspecified atom stereocenters. The Kier molecular flexibility index (Phi) is 4.68. The molecule has 2 N–H and O–H groups in total. The van der Waals surface area contributed by atoms with Crippen molar-refractivity contribution >= 4 is 23.8 Å². The number of hydrogen-bond acceptors (Lipinski definition) is 2. The second-order valence-electron chi connectivity index (χ2n) is 5.25. The zero-order chi connectivity index (χ0) is 15.0. The molecule has 118 valence electrons. The van der Waals surface area contributed by atoms with E-state index in [0.29, 0.717) is 6.54 Å². The molecule has 0 radical (unpaired) electrons. The van der Waals surface area contributed by atoms with Gasteiger partial charge >= 0.3 is 6.18 Å². The molecule has 0 saturated heterocycles. The molecule has 2 aromatic rings. The van der Waals surface area contributed by atoms with Gasteiger partial charge in [-0.25, -0.2) is 0 Å². The van der Waals surface area contributed by atoms with Gasteiger partial charge in [0.25, 0.3) is 0 Å². The molecule has 0 spiro atoms. The quantitative estimate of drug-likeness (QED) is 0.852. The Morgan fingerprint density at radius 3 is 2.27 bits per heavy atom. The molecule has 3 rings (SSSR count). The summed E-state index contributed by atoms with van der Waals surface area (Å²) in [4.78, 5) is 1.98. The molecule has 2 aromatic carbocycles. The van der Waals surface area contributed by atoms with E-state index in [9.17, 15) is 13.2 Å². The molecular formula is C16H16ClF3N2. The first-order valence-electron chi connectivity index (χ1n) is 6.73. The van der Waals surface area contributed by atoms with Crippen LogP contribution in [0.5, 0.6) is 0 Å². The Morgan fingerprint density at radius 1 is 1.00 bits per heavy atom. The summed E-state index contributed by atoms with van der Waals surface area (Å²) >= 11 is 0. The van der Waals surface area contributed by atoms with E-state index in [4.69, 9.17) is 5.73 Å². The monoisotopic (exact) mass is 328 g/mol. The summed E-state index contributed by atoms with van der Waals surface area (Å²) in [6.45, 7) is 0.600. The standard InChI is InChI=1S/C16H15F3N2.ClH/c17-16(18,19)12-5-7-14(8-6-12)21-10-13(20)9-11-3-1-2-4-15(11)21;/h1-8,13H,9-10,20H2;1H.